The van der Waals surface area contributed by atoms with E-state index in [9.17, 15) is 4.79 Å². The Morgan fingerprint density at radius 3 is 2.55 bits per heavy atom. The van der Waals surface area contributed by atoms with Crippen LogP contribution in [0.5, 0.6) is 0 Å². The number of esters is 1. The molecule has 0 amide bonds. The number of carbonyl (C=O) groups is 1. The van der Waals surface area contributed by atoms with Crippen molar-refractivity contribution in [1.29, 1.82) is 0 Å². The Bertz CT molecular complexity index is 148. The van der Waals surface area contributed by atoms with Gasteiger partial charge in [0.15, 0.2) is 0 Å². The summed E-state index contributed by atoms with van der Waals surface area (Å²) in [5.41, 5.74) is 5.75. The Hall–Kier alpha value is -0.570. The number of methoxy groups -OCH3 is 1. The van der Waals surface area contributed by atoms with Crippen molar-refractivity contribution in [3.8, 4) is 0 Å². The third kappa shape index (κ3) is 1.53. The summed E-state index contributed by atoms with van der Waals surface area (Å²) in [6.07, 6.45) is 1.99. The summed E-state index contributed by atoms with van der Waals surface area (Å²) in [6, 6.07) is 0.0115. The number of ether oxygens (including phenoxy) is 1. The van der Waals surface area contributed by atoms with E-state index >= 15 is 0 Å². The molecule has 3 atom stereocenters. The highest BCUT2D eigenvalue weighted by Gasteiger charge is 2.36. The van der Waals surface area contributed by atoms with E-state index in [1.165, 1.54) is 7.11 Å². The van der Waals surface area contributed by atoms with Crippen molar-refractivity contribution in [3.63, 3.8) is 0 Å². The number of rotatable bonds is 1. The zero-order valence-corrected chi connectivity index (χ0v) is 7.04. The Morgan fingerprint density at radius 1 is 1.55 bits per heavy atom. The predicted octanol–water partition coefficient (Wildman–Crippen LogP) is 0.533. The van der Waals surface area contributed by atoms with Crippen molar-refractivity contribution in [2.75, 3.05) is 7.11 Å². The molecule has 0 saturated heterocycles. The van der Waals surface area contributed by atoms with Gasteiger partial charge in [0.1, 0.15) is 0 Å². The molecule has 1 aliphatic rings. The lowest BCUT2D eigenvalue weighted by Gasteiger charge is -2.16. The second kappa shape index (κ2) is 3.22. The Labute approximate surface area is 66.9 Å². The van der Waals surface area contributed by atoms with Gasteiger partial charge in [-0.05, 0) is 18.8 Å². The van der Waals surface area contributed by atoms with E-state index in [0.717, 1.165) is 12.8 Å². The van der Waals surface area contributed by atoms with Crippen molar-refractivity contribution < 1.29 is 9.53 Å². The molecule has 0 aromatic rings. The van der Waals surface area contributed by atoms with Crippen molar-refractivity contribution in [2.24, 2.45) is 17.6 Å². The normalized spacial score (nSPS) is 37.2. The molecule has 11 heavy (non-hydrogen) atoms. The molecule has 0 radical (unpaired) electrons. The maximum absolute atomic E-state index is 11.1. The van der Waals surface area contributed by atoms with Gasteiger partial charge in [0.2, 0.25) is 0 Å². The van der Waals surface area contributed by atoms with Crippen LogP contribution in [0.2, 0.25) is 0 Å². The van der Waals surface area contributed by atoms with Gasteiger partial charge in [0.25, 0.3) is 0 Å². The standard InChI is InChI=1S/C8H15NO2/c1-5-3-4-6(9)7(5)8(10)11-2/h5-7H,3-4,9H2,1-2H3/t5-,6-,7-/m0/s1. The molecule has 64 valence electrons. The van der Waals surface area contributed by atoms with Crippen LogP contribution in [0.15, 0.2) is 0 Å². The SMILES string of the molecule is COC(=O)[C@H]1[C@@H](C)CC[C@@H]1N. The van der Waals surface area contributed by atoms with Gasteiger partial charge < -0.3 is 10.5 Å². The average molecular weight is 157 g/mol. The summed E-state index contributed by atoms with van der Waals surface area (Å²) in [7, 11) is 1.42. The number of nitrogens with two attached hydrogens (primary N) is 1. The van der Waals surface area contributed by atoms with Gasteiger partial charge in [-0.15, -0.1) is 0 Å². The smallest absolute Gasteiger partial charge is 0.310 e. The molecule has 1 aliphatic carbocycles. The first-order chi connectivity index (χ1) is 5.16. The quantitative estimate of drug-likeness (QED) is 0.565. The van der Waals surface area contributed by atoms with E-state index < -0.39 is 0 Å². The van der Waals surface area contributed by atoms with Gasteiger partial charge in [-0.25, -0.2) is 0 Å². The van der Waals surface area contributed by atoms with Gasteiger partial charge >= 0.3 is 5.97 Å². The summed E-state index contributed by atoms with van der Waals surface area (Å²) in [6.45, 7) is 2.05. The molecule has 0 spiro atoms. The zero-order valence-electron chi connectivity index (χ0n) is 7.04. The lowest BCUT2D eigenvalue weighted by atomic mass is 9.96. The third-order valence-electron chi connectivity index (χ3n) is 2.50. The first-order valence-electron chi connectivity index (χ1n) is 4.00. The van der Waals surface area contributed by atoms with E-state index in [2.05, 4.69) is 11.7 Å². The molecule has 0 aliphatic heterocycles. The number of hydrogen-bond donors (Lipinski definition) is 1. The molecule has 1 saturated carbocycles. The molecular weight excluding hydrogens is 142 g/mol. The number of hydrogen-bond acceptors (Lipinski definition) is 3. The fourth-order valence-corrected chi connectivity index (χ4v) is 1.78. The average Bonchev–Trinajstić information content (AvgIpc) is 2.30. The molecule has 1 fully saturated rings. The first kappa shape index (κ1) is 8.53. The van der Waals surface area contributed by atoms with E-state index in [1.54, 1.807) is 0 Å². The maximum Gasteiger partial charge on any atom is 0.310 e. The summed E-state index contributed by atoms with van der Waals surface area (Å²) in [5.74, 6) is 0.167. The van der Waals surface area contributed by atoms with E-state index in [1.807, 2.05) is 0 Å². The van der Waals surface area contributed by atoms with Crippen LogP contribution in [0, 0.1) is 11.8 Å². The van der Waals surface area contributed by atoms with Crippen molar-refractivity contribution in [2.45, 2.75) is 25.8 Å². The van der Waals surface area contributed by atoms with Crippen LogP contribution in [0.3, 0.4) is 0 Å². The lowest BCUT2D eigenvalue weighted by molar-refractivity contribution is -0.146. The maximum atomic E-state index is 11.1. The van der Waals surface area contributed by atoms with Gasteiger partial charge in [0, 0.05) is 6.04 Å². The predicted molar refractivity (Wildman–Crippen MR) is 41.9 cm³/mol. The van der Waals surface area contributed by atoms with Gasteiger partial charge in [-0.1, -0.05) is 6.92 Å². The summed E-state index contributed by atoms with van der Waals surface area (Å²) in [5, 5.41) is 0. The van der Waals surface area contributed by atoms with Gasteiger partial charge in [-0.2, -0.15) is 0 Å². The molecule has 3 heteroatoms. The summed E-state index contributed by atoms with van der Waals surface area (Å²) in [4.78, 5) is 11.1. The largest absolute Gasteiger partial charge is 0.469 e. The zero-order chi connectivity index (χ0) is 8.43. The minimum absolute atomic E-state index is 0.0115. The van der Waals surface area contributed by atoms with Crippen LogP contribution in [0.4, 0.5) is 0 Å². The summed E-state index contributed by atoms with van der Waals surface area (Å²) < 4.78 is 4.66. The molecule has 0 bridgehead atoms. The van der Waals surface area contributed by atoms with Gasteiger partial charge in [0.05, 0.1) is 13.0 Å². The lowest BCUT2D eigenvalue weighted by Crippen LogP contribution is -2.34. The molecule has 3 nitrogen and oxygen atoms in total. The van der Waals surface area contributed by atoms with Crippen LogP contribution in [0.1, 0.15) is 19.8 Å². The third-order valence-corrected chi connectivity index (χ3v) is 2.50. The van der Waals surface area contributed by atoms with Crippen LogP contribution in [-0.2, 0) is 9.53 Å². The highest BCUT2D eigenvalue weighted by atomic mass is 16.5. The van der Waals surface area contributed by atoms with Gasteiger partial charge in [-0.3, -0.25) is 4.79 Å². The van der Waals surface area contributed by atoms with Crippen LogP contribution >= 0.6 is 0 Å². The topological polar surface area (TPSA) is 52.3 Å². The summed E-state index contributed by atoms with van der Waals surface area (Å²) >= 11 is 0. The second-order valence-corrected chi connectivity index (χ2v) is 3.27. The minimum atomic E-state index is -0.150. The van der Waals surface area contributed by atoms with Crippen molar-refractivity contribution in [1.82, 2.24) is 0 Å². The minimum Gasteiger partial charge on any atom is -0.469 e. The fraction of sp³-hybridized carbons (Fsp3) is 0.875. The van der Waals surface area contributed by atoms with Crippen LogP contribution in [0.25, 0.3) is 0 Å². The highest BCUT2D eigenvalue weighted by molar-refractivity contribution is 5.73. The molecular formula is C8H15NO2. The Morgan fingerprint density at radius 2 is 2.18 bits per heavy atom. The highest BCUT2D eigenvalue weighted by Crippen LogP contribution is 2.30. The second-order valence-electron chi connectivity index (χ2n) is 3.27. The first-order valence-corrected chi connectivity index (χ1v) is 4.00. The molecule has 2 N–H and O–H groups in total. The molecule has 0 unspecified atom stereocenters. The van der Waals surface area contributed by atoms with Crippen molar-refractivity contribution >= 4 is 5.97 Å². The Kier molecular flexibility index (Phi) is 2.49. The number of carbonyl (C=O) groups excluding carboxylic acids is 1. The molecule has 1 rings (SSSR count). The van der Waals surface area contributed by atoms with Crippen LogP contribution in [-0.4, -0.2) is 19.1 Å². The van der Waals surface area contributed by atoms with Crippen LogP contribution < -0.4 is 5.73 Å². The monoisotopic (exact) mass is 157 g/mol. The van der Waals surface area contributed by atoms with E-state index in [4.69, 9.17) is 5.73 Å². The fourth-order valence-electron chi connectivity index (χ4n) is 1.78. The molecule has 0 heterocycles. The molecule has 0 aromatic heterocycles. The Balaban J connectivity index is 2.60. The molecule has 0 aromatic carbocycles. The van der Waals surface area contributed by atoms with E-state index in [0.29, 0.717) is 5.92 Å². The van der Waals surface area contributed by atoms with E-state index in [-0.39, 0.29) is 17.9 Å². The van der Waals surface area contributed by atoms with Crippen molar-refractivity contribution in [3.05, 3.63) is 0 Å².